The molecule has 1 heterocycles. The van der Waals surface area contributed by atoms with Crippen LogP contribution in [0.1, 0.15) is 43.0 Å². The van der Waals surface area contributed by atoms with Crippen LogP contribution in [0.4, 0.5) is 0 Å². The summed E-state index contributed by atoms with van der Waals surface area (Å²) in [6, 6.07) is 2.24. The number of hydrogen-bond donors (Lipinski definition) is 0. The van der Waals surface area contributed by atoms with Gasteiger partial charge >= 0.3 is 0 Å². The molecule has 0 spiro atoms. The first kappa shape index (κ1) is 12.2. The van der Waals surface area contributed by atoms with Crippen molar-refractivity contribution in [3.63, 3.8) is 0 Å². The van der Waals surface area contributed by atoms with Crippen LogP contribution < -0.4 is 0 Å². The molecule has 92 valence electrons. The molecule has 0 amide bonds. The second-order valence-corrected chi connectivity index (χ2v) is 6.19. The fraction of sp³-hybridized carbons (Fsp3) is 0.500. The van der Waals surface area contributed by atoms with Gasteiger partial charge in [-0.05, 0) is 54.5 Å². The molecule has 0 fully saturated rings. The van der Waals surface area contributed by atoms with Crippen LogP contribution in [-0.4, -0.2) is 4.57 Å². The average molecular weight is 229 g/mol. The van der Waals surface area contributed by atoms with Gasteiger partial charge < -0.3 is 4.57 Å². The van der Waals surface area contributed by atoms with Crippen molar-refractivity contribution >= 4 is 10.9 Å². The number of aromatic nitrogens is 1. The summed E-state index contributed by atoms with van der Waals surface area (Å²) in [6.45, 7) is 13.7. The van der Waals surface area contributed by atoms with Gasteiger partial charge in [-0.15, -0.1) is 0 Å². The zero-order chi connectivity index (χ0) is 13.0. The lowest BCUT2D eigenvalue weighted by Crippen LogP contribution is -2.16. The Labute approximate surface area is 104 Å². The molecule has 0 unspecified atom stereocenters. The van der Waals surface area contributed by atoms with Crippen LogP contribution in [0.3, 0.4) is 0 Å². The molecule has 0 aliphatic heterocycles. The highest BCUT2D eigenvalue weighted by atomic mass is 14.9. The van der Waals surface area contributed by atoms with Gasteiger partial charge in [-0.3, -0.25) is 0 Å². The summed E-state index contributed by atoms with van der Waals surface area (Å²) >= 11 is 0. The minimum absolute atomic E-state index is 0.211. The van der Waals surface area contributed by atoms with Gasteiger partial charge in [0.1, 0.15) is 0 Å². The topological polar surface area (TPSA) is 4.93 Å². The molecule has 1 heteroatoms. The van der Waals surface area contributed by atoms with Crippen molar-refractivity contribution in [1.82, 2.24) is 4.57 Å². The molecule has 0 saturated carbocycles. The molecule has 0 atom stereocenters. The van der Waals surface area contributed by atoms with Gasteiger partial charge in [0, 0.05) is 18.6 Å². The van der Waals surface area contributed by atoms with Crippen molar-refractivity contribution in [2.24, 2.45) is 7.05 Å². The van der Waals surface area contributed by atoms with E-state index in [1.165, 1.54) is 33.2 Å². The molecule has 1 nitrogen and oxygen atoms in total. The van der Waals surface area contributed by atoms with Crippen LogP contribution in [0, 0.1) is 20.8 Å². The second kappa shape index (κ2) is 3.63. The van der Waals surface area contributed by atoms with Crippen LogP contribution >= 0.6 is 0 Å². The third kappa shape index (κ3) is 1.69. The summed E-state index contributed by atoms with van der Waals surface area (Å²) in [4.78, 5) is 0. The first-order valence-electron chi connectivity index (χ1n) is 6.30. The van der Waals surface area contributed by atoms with Gasteiger partial charge in [0.15, 0.2) is 0 Å². The lowest BCUT2D eigenvalue weighted by Gasteiger charge is -2.26. The minimum atomic E-state index is 0.211. The molecule has 2 rings (SSSR count). The fourth-order valence-electron chi connectivity index (χ4n) is 3.20. The largest absolute Gasteiger partial charge is 0.350 e. The molecule has 17 heavy (non-hydrogen) atoms. The molecular formula is C16H23N. The third-order valence-corrected chi connectivity index (χ3v) is 3.89. The van der Waals surface area contributed by atoms with Crippen molar-refractivity contribution in [2.75, 3.05) is 0 Å². The van der Waals surface area contributed by atoms with Gasteiger partial charge in [-0.2, -0.15) is 0 Å². The Morgan fingerprint density at radius 1 is 0.941 bits per heavy atom. The van der Waals surface area contributed by atoms with E-state index >= 15 is 0 Å². The van der Waals surface area contributed by atoms with E-state index in [1.54, 1.807) is 0 Å². The quantitative estimate of drug-likeness (QED) is 0.631. The van der Waals surface area contributed by atoms with Gasteiger partial charge in [0.05, 0.1) is 5.52 Å². The summed E-state index contributed by atoms with van der Waals surface area (Å²) in [6.07, 6.45) is 2.16. The second-order valence-electron chi connectivity index (χ2n) is 6.19. The number of nitrogens with zero attached hydrogens (tertiary/aromatic N) is 1. The molecule has 0 N–H and O–H groups in total. The third-order valence-electron chi connectivity index (χ3n) is 3.89. The standard InChI is InChI=1S/C16H23N/c1-10-11(2)15-13(8-9-17(15)7)12(3)14(10)16(4,5)6/h8-9H,1-7H3. The molecule has 0 aliphatic carbocycles. The summed E-state index contributed by atoms with van der Waals surface area (Å²) in [5.74, 6) is 0. The van der Waals surface area contributed by atoms with E-state index in [1.807, 2.05) is 0 Å². The lowest BCUT2D eigenvalue weighted by molar-refractivity contribution is 0.582. The molecule has 0 radical (unpaired) electrons. The van der Waals surface area contributed by atoms with Crippen molar-refractivity contribution < 1.29 is 0 Å². The first-order chi connectivity index (χ1) is 7.75. The van der Waals surface area contributed by atoms with Gasteiger partial charge in [0.25, 0.3) is 0 Å². The molecule has 1 aromatic heterocycles. The summed E-state index contributed by atoms with van der Waals surface area (Å²) in [7, 11) is 2.13. The Bertz CT molecular complexity index is 580. The Kier molecular flexibility index (Phi) is 2.61. The zero-order valence-corrected chi connectivity index (χ0v) is 12.1. The fourth-order valence-corrected chi connectivity index (χ4v) is 3.20. The van der Waals surface area contributed by atoms with E-state index in [2.05, 4.69) is 65.4 Å². The van der Waals surface area contributed by atoms with Crippen LogP contribution in [0.15, 0.2) is 12.3 Å². The molecule has 0 saturated heterocycles. The van der Waals surface area contributed by atoms with Crippen LogP contribution in [0.25, 0.3) is 10.9 Å². The van der Waals surface area contributed by atoms with E-state index in [0.29, 0.717) is 0 Å². The maximum Gasteiger partial charge on any atom is 0.0512 e. The smallest absolute Gasteiger partial charge is 0.0512 e. The Balaban J connectivity index is 2.98. The van der Waals surface area contributed by atoms with E-state index in [0.717, 1.165) is 0 Å². The van der Waals surface area contributed by atoms with E-state index < -0.39 is 0 Å². The zero-order valence-electron chi connectivity index (χ0n) is 12.1. The number of rotatable bonds is 0. The number of fused-ring (bicyclic) bond motifs is 1. The summed E-state index contributed by atoms with van der Waals surface area (Å²) in [5, 5.41) is 1.40. The molecule has 2 aromatic rings. The predicted molar refractivity (Wildman–Crippen MR) is 75.8 cm³/mol. The van der Waals surface area contributed by atoms with Crippen molar-refractivity contribution in [2.45, 2.75) is 47.0 Å². The molecular weight excluding hydrogens is 206 g/mol. The van der Waals surface area contributed by atoms with Gasteiger partial charge in [0.2, 0.25) is 0 Å². The molecule has 0 bridgehead atoms. The Hall–Kier alpha value is -1.24. The summed E-state index contributed by atoms with van der Waals surface area (Å²) in [5.41, 5.74) is 7.41. The van der Waals surface area contributed by atoms with E-state index in [-0.39, 0.29) is 5.41 Å². The van der Waals surface area contributed by atoms with E-state index in [9.17, 15) is 0 Å². The molecule has 1 aromatic carbocycles. The van der Waals surface area contributed by atoms with Crippen LogP contribution in [-0.2, 0) is 12.5 Å². The lowest BCUT2D eigenvalue weighted by atomic mass is 9.78. The van der Waals surface area contributed by atoms with Crippen molar-refractivity contribution in [3.8, 4) is 0 Å². The molecule has 0 aliphatic rings. The Morgan fingerprint density at radius 3 is 2.06 bits per heavy atom. The normalized spacial score (nSPS) is 12.4. The average Bonchev–Trinajstić information content (AvgIpc) is 2.55. The Morgan fingerprint density at radius 2 is 1.53 bits per heavy atom. The van der Waals surface area contributed by atoms with Gasteiger partial charge in [-0.25, -0.2) is 0 Å². The summed E-state index contributed by atoms with van der Waals surface area (Å²) < 4.78 is 2.23. The van der Waals surface area contributed by atoms with Crippen molar-refractivity contribution in [3.05, 3.63) is 34.5 Å². The number of aryl methyl sites for hydroxylation is 3. The highest BCUT2D eigenvalue weighted by molar-refractivity contribution is 5.89. The highest BCUT2D eigenvalue weighted by Gasteiger charge is 2.22. The predicted octanol–water partition coefficient (Wildman–Crippen LogP) is 4.40. The maximum absolute atomic E-state index is 2.30. The minimum Gasteiger partial charge on any atom is -0.350 e. The highest BCUT2D eigenvalue weighted by Crippen LogP contribution is 2.36. The van der Waals surface area contributed by atoms with E-state index in [4.69, 9.17) is 0 Å². The maximum atomic E-state index is 2.30. The van der Waals surface area contributed by atoms with Crippen molar-refractivity contribution in [1.29, 1.82) is 0 Å². The van der Waals surface area contributed by atoms with Crippen LogP contribution in [0.5, 0.6) is 0 Å². The monoisotopic (exact) mass is 229 g/mol. The number of hydrogen-bond acceptors (Lipinski definition) is 0. The first-order valence-corrected chi connectivity index (χ1v) is 6.30. The number of benzene rings is 1. The van der Waals surface area contributed by atoms with Gasteiger partial charge in [-0.1, -0.05) is 20.8 Å². The SMILES string of the molecule is Cc1c(C(C)(C)C)c(C)c2ccn(C)c2c1C. The van der Waals surface area contributed by atoms with Crippen LogP contribution in [0.2, 0.25) is 0 Å².